The van der Waals surface area contributed by atoms with E-state index in [1.54, 1.807) is 50.4 Å². The second-order valence-corrected chi connectivity index (χ2v) is 11.5. The lowest BCUT2D eigenvalue weighted by molar-refractivity contribution is -0.143. The summed E-state index contributed by atoms with van der Waals surface area (Å²) in [5, 5.41) is 14.8. The molecule has 5 rings (SSSR count). The number of anilines is 1. The normalized spacial score (nSPS) is 16.4. The predicted molar refractivity (Wildman–Crippen MR) is 155 cm³/mol. The molecular formula is C33H34N2O6. The molecule has 41 heavy (non-hydrogen) atoms. The van der Waals surface area contributed by atoms with E-state index in [2.05, 4.69) is 25.9 Å². The first kappa shape index (κ1) is 28.0. The quantitative estimate of drug-likeness (QED) is 0.279. The third kappa shape index (κ3) is 5.29. The molecule has 1 aliphatic heterocycles. The van der Waals surface area contributed by atoms with Crippen molar-refractivity contribution in [3.05, 3.63) is 107 Å². The molecule has 0 fully saturated rings. The van der Waals surface area contributed by atoms with Crippen LogP contribution in [0.2, 0.25) is 0 Å². The molecule has 3 aromatic carbocycles. The minimum atomic E-state index is -1.58. The summed E-state index contributed by atoms with van der Waals surface area (Å²) in [4.78, 5) is 29.1. The first-order valence-corrected chi connectivity index (χ1v) is 13.5. The maximum absolute atomic E-state index is 14.4. The Bertz CT molecular complexity index is 1590. The third-order valence-electron chi connectivity index (χ3n) is 7.50. The van der Waals surface area contributed by atoms with E-state index in [4.69, 9.17) is 14.0 Å². The number of aliphatic carboxylic acids is 1. The molecule has 0 bridgehead atoms. The number of methoxy groups -OCH3 is 1. The molecule has 0 saturated carbocycles. The van der Waals surface area contributed by atoms with Crippen LogP contribution in [0.3, 0.4) is 0 Å². The van der Waals surface area contributed by atoms with E-state index in [1.165, 1.54) is 4.90 Å². The number of nitrogens with zero attached hydrogens (tertiary/aromatic N) is 2. The molecule has 1 aliphatic rings. The van der Waals surface area contributed by atoms with Crippen molar-refractivity contribution in [1.82, 2.24) is 5.16 Å². The van der Waals surface area contributed by atoms with Crippen LogP contribution in [0.15, 0.2) is 77.3 Å². The van der Waals surface area contributed by atoms with Crippen molar-refractivity contribution in [2.75, 3.05) is 12.0 Å². The van der Waals surface area contributed by atoms with Gasteiger partial charge in [0.25, 0.3) is 5.91 Å². The van der Waals surface area contributed by atoms with Crippen molar-refractivity contribution < 1.29 is 28.7 Å². The number of rotatable bonds is 8. The topological polar surface area (TPSA) is 102 Å². The number of aromatic nitrogens is 1. The Morgan fingerprint density at radius 3 is 2.41 bits per heavy atom. The summed E-state index contributed by atoms with van der Waals surface area (Å²) in [7, 11) is 1.57. The molecule has 0 aliphatic carbocycles. The maximum atomic E-state index is 14.4. The zero-order chi connectivity index (χ0) is 29.4. The van der Waals surface area contributed by atoms with Gasteiger partial charge in [0.15, 0.2) is 5.54 Å². The van der Waals surface area contributed by atoms with Crippen LogP contribution in [0.1, 0.15) is 59.3 Å². The van der Waals surface area contributed by atoms with E-state index in [-0.39, 0.29) is 24.9 Å². The summed E-state index contributed by atoms with van der Waals surface area (Å²) >= 11 is 0. The fourth-order valence-corrected chi connectivity index (χ4v) is 5.51. The fourth-order valence-electron chi connectivity index (χ4n) is 5.51. The molecule has 8 heteroatoms. The monoisotopic (exact) mass is 554 g/mol. The van der Waals surface area contributed by atoms with Crippen molar-refractivity contribution in [3.8, 4) is 11.5 Å². The number of aryl methyl sites for hydroxylation is 1. The average molecular weight is 555 g/mol. The van der Waals surface area contributed by atoms with Gasteiger partial charge in [0, 0.05) is 30.0 Å². The Morgan fingerprint density at radius 2 is 1.78 bits per heavy atom. The number of carbonyl (C=O) groups is 2. The average Bonchev–Trinajstić information content (AvgIpc) is 3.52. The highest BCUT2D eigenvalue weighted by atomic mass is 16.5. The SMILES string of the molecule is COc1cc(C(=O)N2c3cccc(OCc4cc(C)on4)c3CC2(Cc2ccccc2)C(=O)O)ccc1C(C)(C)C. The van der Waals surface area contributed by atoms with Gasteiger partial charge in [0.1, 0.15) is 29.6 Å². The van der Waals surface area contributed by atoms with E-state index in [0.29, 0.717) is 39.8 Å². The molecule has 1 aromatic heterocycles. The predicted octanol–water partition coefficient (Wildman–Crippen LogP) is 6.14. The number of fused-ring (bicyclic) bond motifs is 1. The van der Waals surface area contributed by atoms with Crippen LogP contribution in [0.25, 0.3) is 0 Å². The second-order valence-electron chi connectivity index (χ2n) is 11.5. The molecule has 0 spiro atoms. The maximum Gasteiger partial charge on any atom is 0.330 e. The van der Waals surface area contributed by atoms with Gasteiger partial charge in [-0.05, 0) is 47.7 Å². The lowest BCUT2D eigenvalue weighted by Gasteiger charge is -2.35. The first-order chi connectivity index (χ1) is 19.5. The molecule has 1 atom stereocenters. The molecule has 0 saturated heterocycles. The van der Waals surface area contributed by atoms with Crippen molar-refractivity contribution in [1.29, 1.82) is 0 Å². The number of carbonyl (C=O) groups excluding carboxylic acids is 1. The van der Waals surface area contributed by atoms with Crippen molar-refractivity contribution in [3.63, 3.8) is 0 Å². The lowest BCUT2D eigenvalue weighted by atomic mass is 9.85. The van der Waals surface area contributed by atoms with Crippen LogP contribution in [0.5, 0.6) is 11.5 Å². The summed E-state index contributed by atoms with van der Waals surface area (Å²) in [6, 6.07) is 21.8. The number of hydrogen-bond acceptors (Lipinski definition) is 6. The van der Waals surface area contributed by atoms with Crippen LogP contribution >= 0.6 is 0 Å². The third-order valence-corrected chi connectivity index (χ3v) is 7.50. The van der Waals surface area contributed by atoms with Crippen molar-refractivity contribution in [2.24, 2.45) is 0 Å². The number of amides is 1. The minimum Gasteiger partial charge on any atom is -0.496 e. The van der Waals surface area contributed by atoms with Gasteiger partial charge in [-0.25, -0.2) is 4.79 Å². The van der Waals surface area contributed by atoms with Crippen LogP contribution in [-0.4, -0.2) is 34.8 Å². The highest BCUT2D eigenvalue weighted by Gasteiger charge is 2.54. The number of carboxylic acid groups (broad SMARTS) is 1. The fraction of sp³-hybridized carbons (Fsp3) is 0.303. The molecule has 8 nitrogen and oxygen atoms in total. The largest absolute Gasteiger partial charge is 0.496 e. The van der Waals surface area contributed by atoms with Gasteiger partial charge in [0.05, 0.1) is 12.8 Å². The molecule has 4 aromatic rings. The van der Waals surface area contributed by atoms with Gasteiger partial charge < -0.3 is 19.1 Å². The van der Waals surface area contributed by atoms with Gasteiger partial charge in [0.2, 0.25) is 0 Å². The van der Waals surface area contributed by atoms with Gasteiger partial charge in [-0.2, -0.15) is 0 Å². The Labute approximate surface area is 239 Å². The van der Waals surface area contributed by atoms with E-state index in [1.807, 2.05) is 36.4 Å². The highest BCUT2D eigenvalue weighted by Crippen LogP contribution is 2.46. The molecule has 1 amide bonds. The number of carboxylic acids is 1. The van der Waals surface area contributed by atoms with Gasteiger partial charge in [-0.15, -0.1) is 0 Å². The number of benzene rings is 3. The summed E-state index contributed by atoms with van der Waals surface area (Å²) in [5.74, 6) is 0.219. The van der Waals surface area contributed by atoms with Crippen LogP contribution < -0.4 is 14.4 Å². The highest BCUT2D eigenvalue weighted by molar-refractivity contribution is 6.13. The minimum absolute atomic E-state index is 0.0729. The zero-order valence-corrected chi connectivity index (χ0v) is 23.9. The number of ether oxygens (including phenoxy) is 2. The first-order valence-electron chi connectivity index (χ1n) is 13.5. The number of hydrogen-bond donors (Lipinski definition) is 1. The van der Waals surface area contributed by atoms with E-state index < -0.39 is 17.4 Å². The van der Waals surface area contributed by atoms with Crippen LogP contribution in [0, 0.1) is 6.92 Å². The molecule has 0 radical (unpaired) electrons. The van der Waals surface area contributed by atoms with E-state index >= 15 is 0 Å². The zero-order valence-electron chi connectivity index (χ0n) is 23.9. The smallest absolute Gasteiger partial charge is 0.330 e. The van der Waals surface area contributed by atoms with Crippen LogP contribution in [0.4, 0.5) is 5.69 Å². The molecule has 1 unspecified atom stereocenters. The Balaban J connectivity index is 1.62. The Morgan fingerprint density at radius 1 is 1.02 bits per heavy atom. The molecular weight excluding hydrogens is 520 g/mol. The molecule has 212 valence electrons. The summed E-state index contributed by atoms with van der Waals surface area (Å²) in [5.41, 5.74) is 2.07. The van der Waals surface area contributed by atoms with E-state index in [0.717, 1.165) is 11.1 Å². The standard InChI is InChI=1S/C33H34N2O6/c1-21-16-24(34-41-21)20-40-28-13-9-12-27-25(28)19-33(31(37)38,18-22-10-7-6-8-11-22)35(27)30(36)23-14-15-26(32(2,3)4)29(17-23)39-5/h6-17H,18-20H2,1-5H3,(H,37,38). The summed E-state index contributed by atoms with van der Waals surface area (Å²) < 4.78 is 16.9. The van der Waals surface area contributed by atoms with Gasteiger partial charge >= 0.3 is 5.97 Å². The molecule has 1 N–H and O–H groups in total. The Hall–Kier alpha value is -4.59. The Kier molecular flexibility index (Phi) is 7.34. The second kappa shape index (κ2) is 10.8. The van der Waals surface area contributed by atoms with Gasteiger partial charge in [-0.3, -0.25) is 9.69 Å². The molecule has 2 heterocycles. The van der Waals surface area contributed by atoms with Gasteiger partial charge in [-0.1, -0.05) is 68.4 Å². The van der Waals surface area contributed by atoms with E-state index in [9.17, 15) is 14.7 Å². The lowest BCUT2D eigenvalue weighted by Crippen LogP contribution is -2.57. The van der Waals surface area contributed by atoms with Crippen LogP contribution in [-0.2, 0) is 29.7 Å². The van der Waals surface area contributed by atoms with Crippen molar-refractivity contribution in [2.45, 2.75) is 58.1 Å². The summed E-state index contributed by atoms with van der Waals surface area (Å²) in [6.45, 7) is 8.15. The summed E-state index contributed by atoms with van der Waals surface area (Å²) in [6.07, 6.45) is 0.187. The van der Waals surface area contributed by atoms with Crippen molar-refractivity contribution >= 4 is 17.6 Å².